The molecule has 4 heterocycles. The Kier molecular flexibility index (Phi) is 4.87. The second-order valence-electron chi connectivity index (χ2n) is 6.76. The molecule has 0 unspecified atom stereocenters. The highest BCUT2D eigenvalue weighted by molar-refractivity contribution is 6.03. The average Bonchev–Trinajstić information content (AvgIpc) is 3.13. The molecule has 0 radical (unpaired) electrons. The van der Waals surface area contributed by atoms with Gasteiger partial charge in [-0.05, 0) is 25.0 Å². The lowest BCUT2D eigenvalue weighted by Gasteiger charge is -2.19. The molecule has 1 amide bonds. The molecule has 0 aliphatic carbocycles. The van der Waals surface area contributed by atoms with Crippen LogP contribution >= 0.6 is 0 Å². The summed E-state index contributed by atoms with van der Waals surface area (Å²) in [6.07, 6.45) is 0.315. The SMILES string of the molecule is O=C(Nc1cc(O)c2nc(C3CCOCC3)cn2c1)c1cccc(C(F)(F)F)n1. The number of aromatic hydroxyl groups is 1. The van der Waals surface area contributed by atoms with Crippen LogP contribution in [0.4, 0.5) is 18.9 Å². The van der Waals surface area contributed by atoms with Gasteiger partial charge >= 0.3 is 6.18 Å². The number of fused-ring (bicyclic) bond motifs is 1. The molecule has 0 spiro atoms. The number of anilines is 1. The highest BCUT2D eigenvalue weighted by Gasteiger charge is 2.33. The van der Waals surface area contributed by atoms with Crippen molar-refractivity contribution in [3.8, 4) is 5.75 Å². The minimum absolute atomic E-state index is 0.155. The fraction of sp³-hybridized carbons (Fsp3) is 0.316. The molecule has 4 rings (SSSR count). The Bertz CT molecular complexity index is 1060. The van der Waals surface area contributed by atoms with Gasteiger partial charge in [0.2, 0.25) is 0 Å². The number of aromatic nitrogens is 3. The minimum Gasteiger partial charge on any atom is -0.504 e. The van der Waals surface area contributed by atoms with E-state index in [1.165, 1.54) is 18.3 Å². The molecule has 29 heavy (non-hydrogen) atoms. The van der Waals surface area contributed by atoms with Crippen molar-refractivity contribution in [1.29, 1.82) is 0 Å². The van der Waals surface area contributed by atoms with Crippen LogP contribution in [0.15, 0.2) is 36.7 Å². The first-order chi connectivity index (χ1) is 13.8. The number of alkyl halides is 3. The molecule has 10 heteroatoms. The summed E-state index contributed by atoms with van der Waals surface area (Å²) in [5.74, 6) is -0.756. The topological polar surface area (TPSA) is 88.8 Å². The zero-order valence-electron chi connectivity index (χ0n) is 15.1. The molecule has 3 aromatic heterocycles. The van der Waals surface area contributed by atoms with E-state index in [0.717, 1.165) is 30.7 Å². The highest BCUT2D eigenvalue weighted by Crippen LogP contribution is 2.30. The summed E-state index contributed by atoms with van der Waals surface area (Å²) in [4.78, 5) is 20.2. The van der Waals surface area contributed by atoms with Crippen LogP contribution in [-0.2, 0) is 10.9 Å². The van der Waals surface area contributed by atoms with E-state index in [9.17, 15) is 23.1 Å². The van der Waals surface area contributed by atoms with Crippen molar-refractivity contribution in [2.75, 3.05) is 18.5 Å². The first-order valence-corrected chi connectivity index (χ1v) is 8.96. The number of amides is 1. The predicted molar refractivity (Wildman–Crippen MR) is 96.8 cm³/mol. The molecule has 1 fully saturated rings. The fourth-order valence-corrected chi connectivity index (χ4v) is 3.27. The van der Waals surface area contributed by atoms with Crippen molar-refractivity contribution < 1.29 is 27.8 Å². The van der Waals surface area contributed by atoms with Crippen molar-refractivity contribution in [1.82, 2.24) is 14.4 Å². The second kappa shape index (κ2) is 7.36. The van der Waals surface area contributed by atoms with Gasteiger partial charge in [0.15, 0.2) is 11.4 Å². The standard InChI is InChI=1S/C19H17F3N4O3/c20-19(21,22)16-3-1-2-13(24-16)18(28)23-12-8-15(27)17-25-14(10-26(17)9-12)11-4-6-29-7-5-11/h1-3,8-11,27H,4-7H2,(H,23,28). The molecule has 1 saturated heterocycles. The van der Waals surface area contributed by atoms with Gasteiger partial charge in [-0.3, -0.25) is 4.79 Å². The molecular weight excluding hydrogens is 389 g/mol. The number of halogens is 3. The Morgan fingerprint density at radius 1 is 1.21 bits per heavy atom. The molecule has 1 aliphatic rings. The van der Waals surface area contributed by atoms with Crippen molar-refractivity contribution in [2.24, 2.45) is 0 Å². The van der Waals surface area contributed by atoms with Crippen LogP contribution in [0, 0.1) is 0 Å². The Labute approximate surface area is 163 Å². The largest absolute Gasteiger partial charge is 0.504 e. The summed E-state index contributed by atoms with van der Waals surface area (Å²) in [5.41, 5.74) is -0.185. The number of pyridine rings is 2. The van der Waals surface area contributed by atoms with Gasteiger partial charge in [0, 0.05) is 37.6 Å². The van der Waals surface area contributed by atoms with E-state index < -0.39 is 17.8 Å². The third-order valence-corrected chi connectivity index (χ3v) is 4.72. The van der Waals surface area contributed by atoms with Crippen molar-refractivity contribution in [2.45, 2.75) is 24.9 Å². The molecule has 152 valence electrons. The van der Waals surface area contributed by atoms with Gasteiger partial charge < -0.3 is 19.6 Å². The molecule has 0 aromatic carbocycles. The first kappa shape index (κ1) is 19.2. The fourth-order valence-electron chi connectivity index (χ4n) is 3.27. The number of nitrogens with one attached hydrogen (secondary N) is 1. The van der Waals surface area contributed by atoms with Crippen LogP contribution in [-0.4, -0.2) is 38.6 Å². The lowest BCUT2D eigenvalue weighted by Crippen LogP contribution is -2.17. The van der Waals surface area contributed by atoms with Gasteiger partial charge in [-0.25, -0.2) is 9.97 Å². The van der Waals surface area contributed by atoms with Crippen molar-refractivity contribution in [3.05, 3.63) is 53.7 Å². The van der Waals surface area contributed by atoms with Crippen LogP contribution in [0.2, 0.25) is 0 Å². The average molecular weight is 406 g/mol. The van der Waals surface area contributed by atoms with Crippen LogP contribution in [0.5, 0.6) is 5.75 Å². The van der Waals surface area contributed by atoms with E-state index in [0.29, 0.717) is 18.9 Å². The molecular formula is C19H17F3N4O3. The maximum atomic E-state index is 12.8. The Balaban J connectivity index is 1.59. The van der Waals surface area contributed by atoms with Crippen LogP contribution in [0.1, 0.15) is 40.6 Å². The number of carbonyl (C=O) groups excluding carboxylic acids is 1. The van der Waals surface area contributed by atoms with Gasteiger partial charge in [-0.2, -0.15) is 13.2 Å². The summed E-state index contributed by atoms with van der Waals surface area (Å²) < 4.78 is 45.3. The van der Waals surface area contributed by atoms with Gasteiger partial charge in [-0.1, -0.05) is 6.07 Å². The predicted octanol–water partition coefficient (Wildman–Crippen LogP) is 3.60. The molecule has 3 aromatic rings. The quantitative estimate of drug-likeness (QED) is 0.694. The zero-order chi connectivity index (χ0) is 20.6. The smallest absolute Gasteiger partial charge is 0.433 e. The number of rotatable bonds is 3. The minimum atomic E-state index is -4.65. The maximum absolute atomic E-state index is 12.8. The molecule has 7 nitrogen and oxygen atoms in total. The van der Waals surface area contributed by atoms with Crippen LogP contribution in [0.3, 0.4) is 0 Å². The summed E-state index contributed by atoms with van der Waals surface area (Å²) in [6, 6.07) is 4.38. The van der Waals surface area contributed by atoms with Crippen molar-refractivity contribution in [3.63, 3.8) is 0 Å². The third-order valence-electron chi connectivity index (χ3n) is 4.72. The Morgan fingerprint density at radius 2 is 1.97 bits per heavy atom. The number of nitrogens with zero attached hydrogens (tertiary/aromatic N) is 3. The molecule has 2 N–H and O–H groups in total. The van der Waals surface area contributed by atoms with Gasteiger partial charge in [0.1, 0.15) is 11.4 Å². The number of hydrogen-bond donors (Lipinski definition) is 2. The number of hydrogen-bond acceptors (Lipinski definition) is 5. The first-order valence-electron chi connectivity index (χ1n) is 8.96. The van der Waals surface area contributed by atoms with Crippen LogP contribution < -0.4 is 5.32 Å². The molecule has 0 bridgehead atoms. The van der Waals surface area contributed by atoms with E-state index in [1.54, 1.807) is 10.6 Å². The maximum Gasteiger partial charge on any atom is 0.433 e. The number of imidazole rings is 1. The third kappa shape index (κ3) is 4.02. The van der Waals surface area contributed by atoms with Gasteiger partial charge in [0.05, 0.1) is 11.4 Å². The van der Waals surface area contributed by atoms with E-state index in [4.69, 9.17) is 4.74 Å². The van der Waals surface area contributed by atoms with E-state index in [2.05, 4.69) is 15.3 Å². The molecule has 1 aliphatic heterocycles. The lowest BCUT2D eigenvalue weighted by molar-refractivity contribution is -0.141. The van der Waals surface area contributed by atoms with Gasteiger partial charge in [0.25, 0.3) is 5.91 Å². The number of carbonyl (C=O) groups is 1. The van der Waals surface area contributed by atoms with Crippen LogP contribution in [0.25, 0.3) is 5.65 Å². The molecule has 0 atom stereocenters. The summed E-state index contributed by atoms with van der Waals surface area (Å²) in [5, 5.41) is 12.7. The van der Waals surface area contributed by atoms with Gasteiger partial charge in [-0.15, -0.1) is 0 Å². The van der Waals surface area contributed by atoms with E-state index in [1.807, 2.05) is 0 Å². The summed E-state index contributed by atoms with van der Waals surface area (Å²) in [6.45, 7) is 1.30. The number of ether oxygens (including phenoxy) is 1. The zero-order valence-corrected chi connectivity index (χ0v) is 15.1. The Morgan fingerprint density at radius 3 is 2.69 bits per heavy atom. The summed E-state index contributed by atoms with van der Waals surface area (Å²) >= 11 is 0. The van der Waals surface area contributed by atoms with Crippen molar-refractivity contribution >= 4 is 17.2 Å². The summed E-state index contributed by atoms with van der Waals surface area (Å²) in [7, 11) is 0. The van der Waals surface area contributed by atoms with E-state index >= 15 is 0 Å². The Hall–Kier alpha value is -3.14. The normalized spacial score (nSPS) is 15.6. The van der Waals surface area contributed by atoms with E-state index in [-0.39, 0.29) is 23.0 Å². The highest BCUT2D eigenvalue weighted by atomic mass is 19.4. The lowest BCUT2D eigenvalue weighted by atomic mass is 9.97. The second-order valence-corrected chi connectivity index (χ2v) is 6.76. The monoisotopic (exact) mass is 406 g/mol. The molecule has 0 saturated carbocycles.